The van der Waals surface area contributed by atoms with E-state index in [-0.39, 0.29) is 5.91 Å². The number of piperidine rings is 1. The zero-order chi connectivity index (χ0) is 16.5. The fraction of sp³-hybridized carbons (Fsp3) is 0.556. The van der Waals surface area contributed by atoms with Crippen molar-refractivity contribution < 1.29 is 4.79 Å². The fourth-order valence-electron chi connectivity index (χ4n) is 4.28. The van der Waals surface area contributed by atoms with Gasteiger partial charge in [0.2, 0.25) is 0 Å². The van der Waals surface area contributed by atoms with Gasteiger partial charge in [-0.1, -0.05) is 19.8 Å². The molecule has 3 heterocycles. The third kappa shape index (κ3) is 2.70. The molecule has 1 aliphatic heterocycles. The molecule has 0 aromatic carbocycles. The lowest BCUT2D eigenvalue weighted by molar-refractivity contribution is 0.0212. The van der Waals surface area contributed by atoms with Crippen LogP contribution in [0.25, 0.3) is 5.82 Å². The number of fused-ring (bicyclic) bond motifs is 1. The molecule has 0 unspecified atom stereocenters. The predicted octanol–water partition coefficient (Wildman–Crippen LogP) is 2.70. The molecule has 0 spiro atoms. The monoisotopic (exact) mass is 325 g/mol. The largest absolute Gasteiger partial charge is 0.334 e. The summed E-state index contributed by atoms with van der Waals surface area (Å²) in [6, 6.07) is 3.98. The minimum Gasteiger partial charge on any atom is -0.334 e. The molecule has 6 heteroatoms. The number of hydrogen-bond donors (Lipinski definition) is 0. The minimum atomic E-state index is 0.0310. The lowest BCUT2D eigenvalue weighted by Crippen LogP contribution is -2.52. The summed E-state index contributed by atoms with van der Waals surface area (Å²) in [7, 11) is 0. The van der Waals surface area contributed by atoms with Crippen LogP contribution < -0.4 is 0 Å². The third-order valence-electron chi connectivity index (χ3n) is 5.64. The van der Waals surface area contributed by atoms with Gasteiger partial charge in [0, 0.05) is 25.0 Å². The molecule has 126 valence electrons. The van der Waals surface area contributed by atoms with E-state index in [1.807, 2.05) is 12.3 Å². The van der Waals surface area contributed by atoms with Gasteiger partial charge in [-0.3, -0.25) is 9.36 Å². The molecule has 2 aromatic rings. The van der Waals surface area contributed by atoms with E-state index in [1.165, 1.54) is 19.3 Å². The van der Waals surface area contributed by atoms with E-state index in [0.717, 1.165) is 19.4 Å². The standard InChI is InChI=1S/C18H23N5O/c1-13-8-10-23(16-5-3-2-4-14(13)16)18(24)15-6-7-17(21-20-15)22-11-9-19-12-22/h6-7,9,11-14,16H,2-5,8,10H2,1H3/t13-,14+,16+/m1/s1. The van der Waals surface area contributed by atoms with Crippen LogP contribution in [0.5, 0.6) is 0 Å². The van der Waals surface area contributed by atoms with Gasteiger partial charge in [0.25, 0.3) is 5.91 Å². The van der Waals surface area contributed by atoms with Gasteiger partial charge >= 0.3 is 0 Å². The molecule has 1 aliphatic carbocycles. The summed E-state index contributed by atoms with van der Waals surface area (Å²) in [5.74, 6) is 2.07. The quantitative estimate of drug-likeness (QED) is 0.851. The van der Waals surface area contributed by atoms with Crippen LogP contribution in [-0.2, 0) is 0 Å². The number of nitrogens with zero attached hydrogens (tertiary/aromatic N) is 5. The summed E-state index contributed by atoms with van der Waals surface area (Å²) in [6.45, 7) is 3.18. The highest BCUT2D eigenvalue weighted by atomic mass is 16.2. The Bertz CT molecular complexity index is 697. The summed E-state index contributed by atoms with van der Waals surface area (Å²) in [5, 5.41) is 8.36. The third-order valence-corrected chi connectivity index (χ3v) is 5.64. The van der Waals surface area contributed by atoms with Gasteiger partial charge in [0.05, 0.1) is 0 Å². The van der Waals surface area contributed by atoms with E-state index >= 15 is 0 Å². The normalized spacial score (nSPS) is 26.9. The first-order valence-electron chi connectivity index (χ1n) is 8.87. The predicted molar refractivity (Wildman–Crippen MR) is 89.7 cm³/mol. The number of hydrogen-bond acceptors (Lipinski definition) is 4. The lowest BCUT2D eigenvalue weighted by atomic mass is 9.72. The molecule has 1 saturated heterocycles. The Hall–Kier alpha value is -2.24. The molecule has 24 heavy (non-hydrogen) atoms. The van der Waals surface area contributed by atoms with Gasteiger partial charge < -0.3 is 4.90 Å². The highest BCUT2D eigenvalue weighted by molar-refractivity contribution is 5.92. The first-order chi connectivity index (χ1) is 11.7. The average Bonchev–Trinajstić information content (AvgIpc) is 3.17. The SMILES string of the molecule is C[C@@H]1CCN(C(=O)c2ccc(-n3ccnc3)nn2)[C@H]2CCCC[C@@H]12. The van der Waals surface area contributed by atoms with Crippen molar-refractivity contribution in [2.45, 2.75) is 45.1 Å². The molecule has 3 atom stereocenters. The molecule has 1 amide bonds. The molecule has 0 radical (unpaired) electrons. The number of carbonyl (C=O) groups is 1. The molecule has 6 nitrogen and oxygen atoms in total. The van der Waals surface area contributed by atoms with Crippen molar-refractivity contribution in [3.8, 4) is 5.82 Å². The van der Waals surface area contributed by atoms with Crippen LogP contribution in [0.4, 0.5) is 0 Å². The number of likely N-dealkylation sites (tertiary alicyclic amines) is 1. The molecular weight excluding hydrogens is 302 g/mol. The van der Waals surface area contributed by atoms with Gasteiger partial charge in [0.1, 0.15) is 6.33 Å². The van der Waals surface area contributed by atoms with E-state index in [9.17, 15) is 4.79 Å². The van der Waals surface area contributed by atoms with Crippen molar-refractivity contribution >= 4 is 5.91 Å². The first-order valence-corrected chi connectivity index (χ1v) is 8.87. The average molecular weight is 325 g/mol. The van der Waals surface area contributed by atoms with E-state index < -0.39 is 0 Å². The maximum Gasteiger partial charge on any atom is 0.274 e. The van der Waals surface area contributed by atoms with Gasteiger partial charge in [-0.15, -0.1) is 10.2 Å². The zero-order valence-electron chi connectivity index (χ0n) is 14.0. The van der Waals surface area contributed by atoms with Crippen LogP contribution in [0.15, 0.2) is 30.9 Å². The summed E-state index contributed by atoms with van der Waals surface area (Å²) >= 11 is 0. The minimum absolute atomic E-state index is 0.0310. The Morgan fingerprint density at radius 1 is 1.17 bits per heavy atom. The summed E-state index contributed by atoms with van der Waals surface area (Å²) < 4.78 is 1.78. The van der Waals surface area contributed by atoms with Gasteiger partial charge in [0.15, 0.2) is 11.5 Å². The number of rotatable bonds is 2. The summed E-state index contributed by atoms with van der Waals surface area (Å²) in [4.78, 5) is 19.0. The van der Waals surface area contributed by atoms with Crippen LogP contribution in [-0.4, -0.2) is 43.1 Å². The van der Waals surface area contributed by atoms with Gasteiger partial charge in [-0.05, 0) is 43.2 Å². The molecular formula is C18H23N5O. The van der Waals surface area contributed by atoms with Crippen molar-refractivity contribution in [2.24, 2.45) is 11.8 Å². The van der Waals surface area contributed by atoms with Crippen LogP contribution in [0.3, 0.4) is 0 Å². The molecule has 2 aromatic heterocycles. The van der Waals surface area contributed by atoms with Crippen molar-refractivity contribution in [1.82, 2.24) is 24.6 Å². The Kier molecular flexibility index (Phi) is 4.04. The van der Waals surface area contributed by atoms with E-state index in [1.54, 1.807) is 23.2 Å². The van der Waals surface area contributed by atoms with Gasteiger partial charge in [-0.2, -0.15) is 0 Å². The van der Waals surface area contributed by atoms with Crippen molar-refractivity contribution in [1.29, 1.82) is 0 Å². The van der Waals surface area contributed by atoms with Crippen molar-refractivity contribution in [3.05, 3.63) is 36.5 Å². The Labute approximate surface area is 141 Å². The maximum atomic E-state index is 13.0. The molecule has 1 saturated carbocycles. The molecule has 0 N–H and O–H groups in total. The highest BCUT2D eigenvalue weighted by Crippen LogP contribution is 2.39. The Balaban J connectivity index is 1.54. The van der Waals surface area contributed by atoms with E-state index in [4.69, 9.17) is 0 Å². The first kappa shape index (κ1) is 15.3. The van der Waals surface area contributed by atoms with Gasteiger partial charge in [-0.25, -0.2) is 4.98 Å². The lowest BCUT2D eigenvalue weighted by Gasteiger charge is -2.47. The van der Waals surface area contributed by atoms with Crippen molar-refractivity contribution in [2.75, 3.05) is 6.54 Å². The molecule has 2 fully saturated rings. The second-order valence-electron chi connectivity index (χ2n) is 7.03. The summed E-state index contributed by atoms with van der Waals surface area (Å²) in [6.07, 6.45) is 11.2. The maximum absolute atomic E-state index is 13.0. The number of imidazole rings is 1. The topological polar surface area (TPSA) is 63.9 Å². The highest BCUT2D eigenvalue weighted by Gasteiger charge is 2.39. The molecule has 0 bridgehead atoms. The van der Waals surface area contributed by atoms with Crippen LogP contribution in [0.2, 0.25) is 0 Å². The number of aromatic nitrogens is 4. The second kappa shape index (κ2) is 6.34. The summed E-state index contributed by atoms with van der Waals surface area (Å²) in [5.41, 5.74) is 0.442. The van der Waals surface area contributed by atoms with Crippen molar-refractivity contribution in [3.63, 3.8) is 0 Å². The van der Waals surface area contributed by atoms with Crippen LogP contribution >= 0.6 is 0 Å². The van der Waals surface area contributed by atoms with Crippen LogP contribution in [0.1, 0.15) is 49.5 Å². The molecule has 2 aliphatic rings. The fourth-order valence-corrected chi connectivity index (χ4v) is 4.28. The van der Waals surface area contributed by atoms with E-state index in [2.05, 4.69) is 27.0 Å². The second-order valence-corrected chi connectivity index (χ2v) is 7.03. The Morgan fingerprint density at radius 2 is 2.04 bits per heavy atom. The number of amides is 1. The smallest absolute Gasteiger partial charge is 0.274 e. The van der Waals surface area contributed by atoms with Crippen LogP contribution in [0, 0.1) is 11.8 Å². The zero-order valence-corrected chi connectivity index (χ0v) is 14.0. The Morgan fingerprint density at radius 3 is 2.79 bits per heavy atom. The number of carbonyl (C=O) groups excluding carboxylic acids is 1. The molecule has 4 rings (SSSR count). The van der Waals surface area contributed by atoms with E-state index in [0.29, 0.717) is 29.4 Å².